The molecule has 1 heterocycles. The molecule has 0 fully saturated rings. The van der Waals surface area contributed by atoms with Crippen molar-refractivity contribution < 1.29 is 13.2 Å². The number of aryl methyl sites for hydroxylation is 1. The summed E-state index contributed by atoms with van der Waals surface area (Å²) in [4.78, 5) is 16.9. The van der Waals surface area contributed by atoms with E-state index in [9.17, 15) is 13.2 Å². The lowest BCUT2D eigenvalue weighted by molar-refractivity contribution is -0.113. The Morgan fingerprint density at radius 2 is 1.80 bits per heavy atom. The van der Waals surface area contributed by atoms with Crippen LogP contribution in [0.3, 0.4) is 0 Å². The molecule has 0 saturated carbocycles. The van der Waals surface area contributed by atoms with Crippen LogP contribution in [0.2, 0.25) is 5.02 Å². The number of nitrogens with one attached hydrogen (secondary N) is 1. The summed E-state index contributed by atoms with van der Waals surface area (Å²) >= 11 is 7.54. The van der Waals surface area contributed by atoms with Gasteiger partial charge in [0.1, 0.15) is 4.90 Å². The molecule has 9 heteroatoms. The molecule has 0 bridgehead atoms. The van der Waals surface area contributed by atoms with Gasteiger partial charge in [-0.1, -0.05) is 57.1 Å². The van der Waals surface area contributed by atoms with E-state index in [2.05, 4.69) is 10.3 Å². The SMILES string of the molecule is CCc1ccc(Cl)c(CC)c1NC(=O)CSc1ccc(S(=O)(=O)N(CC)CC)cn1. The molecule has 1 aromatic carbocycles. The number of nitrogens with zero attached hydrogens (tertiary/aromatic N) is 2. The van der Waals surface area contributed by atoms with Gasteiger partial charge in [-0.25, -0.2) is 13.4 Å². The number of pyridine rings is 1. The molecule has 164 valence electrons. The van der Waals surface area contributed by atoms with Gasteiger partial charge in [0.15, 0.2) is 0 Å². The third-order valence-electron chi connectivity index (χ3n) is 4.74. The van der Waals surface area contributed by atoms with Crippen LogP contribution >= 0.6 is 23.4 Å². The van der Waals surface area contributed by atoms with E-state index in [1.165, 1.54) is 28.3 Å². The number of amides is 1. The van der Waals surface area contributed by atoms with Gasteiger partial charge in [0.05, 0.1) is 10.8 Å². The molecule has 0 saturated heterocycles. The number of hydrogen-bond donors (Lipinski definition) is 1. The van der Waals surface area contributed by atoms with Crippen LogP contribution in [0.1, 0.15) is 38.8 Å². The molecule has 0 aliphatic heterocycles. The van der Waals surface area contributed by atoms with Crippen molar-refractivity contribution in [3.63, 3.8) is 0 Å². The topological polar surface area (TPSA) is 79.4 Å². The molecule has 30 heavy (non-hydrogen) atoms. The van der Waals surface area contributed by atoms with E-state index < -0.39 is 10.0 Å². The van der Waals surface area contributed by atoms with Gasteiger partial charge >= 0.3 is 0 Å². The molecule has 2 aromatic rings. The standard InChI is InChI=1S/C21H28ClN3O3S2/c1-5-15-9-11-18(22)17(6-2)21(15)24-19(26)14-29-20-12-10-16(13-23-20)30(27,28)25(7-3)8-4/h9-13H,5-8,14H2,1-4H3,(H,24,26). The average molecular weight is 470 g/mol. The van der Waals surface area contributed by atoms with Crippen LogP contribution in [0.15, 0.2) is 40.4 Å². The first-order valence-electron chi connectivity index (χ1n) is 9.97. The molecule has 0 aliphatic carbocycles. The molecule has 1 N–H and O–H groups in total. The molecular formula is C21H28ClN3O3S2. The Kier molecular flexibility index (Phi) is 9.15. The van der Waals surface area contributed by atoms with Crippen molar-refractivity contribution >= 4 is 45.0 Å². The third-order valence-corrected chi connectivity index (χ3v) is 8.08. The van der Waals surface area contributed by atoms with Crippen molar-refractivity contribution in [2.24, 2.45) is 0 Å². The summed E-state index contributed by atoms with van der Waals surface area (Å²) < 4.78 is 26.4. The number of aromatic nitrogens is 1. The van der Waals surface area contributed by atoms with Gasteiger partial charge in [-0.2, -0.15) is 4.31 Å². The van der Waals surface area contributed by atoms with Crippen LogP contribution in [0.4, 0.5) is 5.69 Å². The fourth-order valence-corrected chi connectivity index (χ4v) is 5.44. The maximum Gasteiger partial charge on any atom is 0.244 e. The van der Waals surface area contributed by atoms with E-state index in [-0.39, 0.29) is 16.6 Å². The van der Waals surface area contributed by atoms with Crippen LogP contribution in [0.5, 0.6) is 0 Å². The molecule has 0 atom stereocenters. The van der Waals surface area contributed by atoms with Crippen LogP contribution in [-0.2, 0) is 27.7 Å². The fraction of sp³-hybridized carbons (Fsp3) is 0.429. The van der Waals surface area contributed by atoms with Gasteiger partial charge < -0.3 is 5.32 Å². The second-order valence-corrected chi connectivity index (χ2v) is 9.87. The normalized spacial score (nSPS) is 11.7. The zero-order valence-corrected chi connectivity index (χ0v) is 20.1. The predicted molar refractivity (Wildman–Crippen MR) is 124 cm³/mol. The summed E-state index contributed by atoms with van der Waals surface area (Å²) in [5.74, 6) is 0.00170. The summed E-state index contributed by atoms with van der Waals surface area (Å²) in [7, 11) is -3.54. The highest BCUT2D eigenvalue weighted by atomic mass is 35.5. The Labute approximate surface area is 188 Å². The second-order valence-electron chi connectivity index (χ2n) is 6.53. The van der Waals surface area contributed by atoms with Crippen molar-refractivity contribution in [1.82, 2.24) is 9.29 Å². The highest BCUT2D eigenvalue weighted by Gasteiger charge is 2.22. The predicted octanol–water partition coefficient (Wildman–Crippen LogP) is 4.62. The number of hydrogen-bond acceptors (Lipinski definition) is 5. The Morgan fingerprint density at radius 3 is 2.33 bits per heavy atom. The van der Waals surface area contributed by atoms with Gasteiger partial charge in [0, 0.05) is 30.0 Å². The number of halogens is 1. The Morgan fingerprint density at radius 1 is 1.10 bits per heavy atom. The number of sulfonamides is 1. The maximum atomic E-state index is 12.5. The quantitative estimate of drug-likeness (QED) is 0.513. The zero-order chi connectivity index (χ0) is 22.3. The molecule has 1 amide bonds. The van der Waals surface area contributed by atoms with E-state index in [1.807, 2.05) is 26.0 Å². The summed E-state index contributed by atoms with van der Waals surface area (Å²) in [5, 5.41) is 4.21. The van der Waals surface area contributed by atoms with Gasteiger partial charge in [-0.15, -0.1) is 0 Å². The summed E-state index contributed by atoms with van der Waals surface area (Å²) in [6.45, 7) is 8.43. The van der Waals surface area contributed by atoms with E-state index in [0.717, 1.165) is 29.7 Å². The van der Waals surface area contributed by atoms with Crippen molar-refractivity contribution in [3.05, 3.63) is 46.6 Å². The molecule has 2 rings (SSSR count). The highest BCUT2D eigenvalue weighted by molar-refractivity contribution is 7.99. The molecule has 0 aliphatic rings. The van der Waals surface area contributed by atoms with E-state index >= 15 is 0 Å². The van der Waals surface area contributed by atoms with Gasteiger partial charge in [0.25, 0.3) is 0 Å². The lowest BCUT2D eigenvalue weighted by Gasteiger charge is -2.18. The first-order valence-corrected chi connectivity index (χ1v) is 12.8. The lowest BCUT2D eigenvalue weighted by atomic mass is 10.0. The number of thioether (sulfide) groups is 1. The van der Waals surface area contributed by atoms with Crippen molar-refractivity contribution in [1.29, 1.82) is 0 Å². The van der Waals surface area contributed by atoms with Crippen molar-refractivity contribution in [2.45, 2.75) is 50.5 Å². The summed E-state index contributed by atoms with van der Waals surface area (Å²) in [6, 6.07) is 6.95. The lowest BCUT2D eigenvalue weighted by Crippen LogP contribution is -2.30. The third kappa shape index (κ3) is 5.75. The molecule has 6 nitrogen and oxygen atoms in total. The minimum Gasteiger partial charge on any atom is -0.325 e. The van der Waals surface area contributed by atoms with Gasteiger partial charge in [0.2, 0.25) is 15.9 Å². The minimum absolute atomic E-state index is 0.152. The Bertz CT molecular complexity index is 976. The molecular weight excluding hydrogens is 442 g/mol. The van der Waals surface area contributed by atoms with Crippen LogP contribution in [-0.4, -0.2) is 42.5 Å². The Hall–Kier alpha value is -1.61. The largest absolute Gasteiger partial charge is 0.325 e. The van der Waals surface area contributed by atoms with Crippen LogP contribution < -0.4 is 5.32 Å². The summed E-state index contributed by atoms with van der Waals surface area (Å²) in [5.41, 5.74) is 2.75. The minimum atomic E-state index is -3.54. The first-order chi connectivity index (χ1) is 14.3. The second kappa shape index (κ2) is 11.1. The van der Waals surface area contributed by atoms with Gasteiger partial charge in [-0.05, 0) is 42.2 Å². The monoisotopic (exact) mass is 469 g/mol. The van der Waals surface area contributed by atoms with Crippen LogP contribution in [0, 0.1) is 0 Å². The molecule has 0 unspecified atom stereocenters. The number of benzene rings is 1. The zero-order valence-electron chi connectivity index (χ0n) is 17.7. The molecule has 0 spiro atoms. The number of carbonyl (C=O) groups is 1. The summed E-state index contributed by atoms with van der Waals surface area (Å²) in [6.07, 6.45) is 2.85. The number of carbonyl (C=O) groups excluding carboxylic acids is 1. The van der Waals surface area contributed by atoms with Gasteiger partial charge in [-0.3, -0.25) is 4.79 Å². The van der Waals surface area contributed by atoms with E-state index in [0.29, 0.717) is 23.1 Å². The maximum absolute atomic E-state index is 12.5. The average Bonchev–Trinajstić information content (AvgIpc) is 2.73. The Balaban J connectivity index is 2.07. The smallest absolute Gasteiger partial charge is 0.244 e. The number of rotatable bonds is 10. The van der Waals surface area contributed by atoms with Crippen molar-refractivity contribution in [3.8, 4) is 0 Å². The van der Waals surface area contributed by atoms with Crippen LogP contribution in [0.25, 0.3) is 0 Å². The highest BCUT2D eigenvalue weighted by Crippen LogP contribution is 2.30. The van der Waals surface area contributed by atoms with E-state index in [4.69, 9.17) is 11.6 Å². The molecule has 1 aromatic heterocycles. The molecule has 0 radical (unpaired) electrons. The van der Waals surface area contributed by atoms with E-state index in [1.54, 1.807) is 19.9 Å². The number of anilines is 1. The fourth-order valence-electron chi connectivity index (χ4n) is 3.10. The van der Waals surface area contributed by atoms with Crippen molar-refractivity contribution in [2.75, 3.05) is 24.2 Å². The first kappa shape index (κ1) is 24.7.